The Hall–Kier alpha value is -1.07. The number of alkyl halides is 1. The lowest BCUT2D eigenvalue weighted by Gasteiger charge is -2.09. The third kappa shape index (κ3) is 3.94. The van der Waals surface area contributed by atoms with E-state index in [0.717, 1.165) is 19.1 Å². The van der Waals surface area contributed by atoms with Crippen LogP contribution in [0.5, 0.6) is 0 Å². The van der Waals surface area contributed by atoms with Crippen molar-refractivity contribution in [2.75, 3.05) is 12.8 Å². The van der Waals surface area contributed by atoms with Crippen LogP contribution in [0.4, 0.5) is 0 Å². The predicted molar refractivity (Wildman–Crippen MR) is 74.3 cm³/mol. The third-order valence-electron chi connectivity index (χ3n) is 3.14. The van der Waals surface area contributed by atoms with Crippen molar-refractivity contribution in [1.82, 2.24) is 5.32 Å². The lowest BCUT2D eigenvalue weighted by Crippen LogP contribution is -2.30. The summed E-state index contributed by atoms with van der Waals surface area (Å²) in [4.78, 5) is 12.0. The molecule has 104 valence electrons. The van der Waals surface area contributed by atoms with Crippen LogP contribution in [0, 0.1) is 5.92 Å². The molecule has 1 aromatic rings. The van der Waals surface area contributed by atoms with E-state index in [-0.39, 0.29) is 16.2 Å². The molecule has 1 N–H and O–H groups in total. The van der Waals surface area contributed by atoms with Crippen LogP contribution in [-0.4, -0.2) is 32.5 Å². The summed E-state index contributed by atoms with van der Waals surface area (Å²) < 4.78 is 22.6. The van der Waals surface area contributed by atoms with Gasteiger partial charge in [0.05, 0.1) is 10.3 Å². The van der Waals surface area contributed by atoms with Crippen molar-refractivity contribution in [1.29, 1.82) is 0 Å². The van der Waals surface area contributed by atoms with Crippen LogP contribution in [0.2, 0.25) is 0 Å². The first-order valence-corrected chi connectivity index (χ1v) is 8.43. The first-order chi connectivity index (χ1) is 8.88. The van der Waals surface area contributed by atoms with Crippen LogP contribution in [0.25, 0.3) is 0 Å². The van der Waals surface area contributed by atoms with E-state index in [2.05, 4.69) is 5.32 Å². The Morgan fingerprint density at radius 2 is 1.95 bits per heavy atom. The standard InChI is InChI=1S/C13H16ClNO3S/c1-19(17,18)11-6-4-10(5-7-11)13(16)15-8-12(14)9-2-3-9/h4-7,9,12H,2-3,8H2,1H3,(H,15,16). The van der Waals surface area contributed by atoms with Gasteiger partial charge in [0.15, 0.2) is 9.84 Å². The number of amides is 1. The van der Waals surface area contributed by atoms with Gasteiger partial charge >= 0.3 is 0 Å². The SMILES string of the molecule is CS(=O)(=O)c1ccc(C(=O)NCC(Cl)C2CC2)cc1. The van der Waals surface area contributed by atoms with Crippen LogP contribution < -0.4 is 5.32 Å². The van der Waals surface area contributed by atoms with Crippen molar-refractivity contribution in [2.45, 2.75) is 23.1 Å². The van der Waals surface area contributed by atoms with E-state index in [0.29, 0.717) is 18.0 Å². The summed E-state index contributed by atoms with van der Waals surface area (Å²) >= 11 is 6.10. The zero-order valence-electron chi connectivity index (χ0n) is 10.6. The first kappa shape index (κ1) is 14.3. The molecule has 0 bridgehead atoms. The van der Waals surface area contributed by atoms with Crippen molar-refractivity contribution in [2.24, 2.45) is 5.92 Å². The molecule has 2 rings (SSSR count). The van der Waals surface area contributed by atoms with Gasteiger partial charge in [-0.2, -0.15) is 0 Å². The Balaban J connectivity index is 1.95. The summed E-state index contributed by atoms with van der Waals surface area (Å²) in [5.41, 5.74) is 0.437. The van der Waals surface area contributed by atoms with Crippen LogP contribution in [0.3, 0.4) is 0 Å². The van der Waals surface area contributed by atoms with Gasteiger partial charge in [0.2, 0.25) is 0 Å². The molecule has 1 atom stereocenters. The van der Waals surface area contributed by atoms with Crippen molar-refractivity contribution in [3.63, 3.8) is 0 Å². The van der Waals surface area contributed by atoms with Crippen molar-refractivity contribution < 1.29 is 13.2 Å². The molecule has 1 fully saturated rings. The number of hydrogen-bond donors (Lipinski definition) is 1. The van der Waals surface area contributed by atoms with E-state index >= 15 is 0 Å². The summed E-state index contributed by atoms with van der Waals surface area (Å²) in [6, 6.07) is 5.88. The fraction of sp³-hybridized carbons (Fsp3) is 0.462. The summed E-state index contributed by atoms with van der Waals surface area (Å²) in [7, 11) is -3.23. The van der Waals surface area contributed by atoms with E-state index in [9.17, 15) is 13.2 Å². The molecule has 1 aliphatic carbocycles. The number of halogens is 1. The second kappa shape index (κ2) is 5.51. The number of hydrogen-bond acceptors (Lipinski definition) is 3. The highest BCUT2D eigenvalue weighted by Gasteiger charge is 2.29. The lowest BCUT2D eigenvalue weighted by molar-refractivity contribution is 0.0953. The summed E-state index contributed by atoms with van der Waals surface area (Å²) in [6.45, 7) is 0.443. The van der Waals surface area contributed by atoms with Crippen LogP contribution in [0.1, 0.15) is 23.2 Å². The molecule has 0 heterocycles. The van der Waals surface area contributed by atoms with Crippen molar-refractivity contribution in [3.05, 3.63) is 29.8 Å². The number of carbonyl (C=O) groups is 1. The Bertz CT molecular complexity index is 564. The molecule has 1 aliphatic rings. The number of carbonyl (C=O) groups excluding carboxylic acids is 1. The van der Waals surface area contributed by atoms with Gasteiger partial charge in [0.1, 0.15) is 0 Å². The number of nitrogens with one attached hydrogen (secondary N) is 1. The summed E-state index contributed by atoms with van der Waals surface area (Å²) in [6.07, 6.45) is 3.40. The molecule has 0 saturated heterocycles. The normalized spacial score (nSPS) is 16.9. The Kier molecular flexibility index (Phi) is 4.16. The third-order valence-corrected chi connectivity index (χ3v) is 4.77. The molecule has 1 unspecified atom stereocenters. The molecular formula is C13H16ClNO3S. The van der Waals surface area contributed by atoms with Gasteiger partial charge in [0, 0.05) is 18.4 Å². The fourth-order valence-electron chi connectivity index (χ4n) is 1.77. The van der Waals surface area contributed by atoms with E-state index in [1.165, 1.54) is 24.3 Å². The van der Waals surface area contributed by atoms with Gasteiger partial charge in [-0.25, -0.2) is 8.42 Å². The van der Waals surface area contributed by atoms with Crippen LogP contribution >= 0.6 is 11.6 Å². The molecule has 4 nitrogen and oxygen atoms in total. The fourth-order valence-corrected chi connectivity index (χ4v) is 2.73. The topological polar surface area (TPSA) is 63.2 Å². The summed E-state index contributed by atoms with van der Waals surface area (Å²) in [5, 5.41) is 2.74. The molecule has 19 heavy (non-hydrogen) atoms. The van der Waals surface area contributed by atoms with E-state index in [1.54, 1.807) is 0 Å². The highest BCUT2D eigenvalue weighted by atomic mass is 35.5. The smallest absolute Gasteiger partial charge is 0.251 e. The molecule has 0 aliphatic heterocycles. The second-order valence-electron chi connectivity index (χ2n) is 4.86. The Labute approximate surface area is 118 Å². The minimum atomic E-state index is -3.23. The van der Waals surface area contributed by atoms with E-state index < -0.39 is 9.84 Å². The van der Waals surface area contributed by atoms with Gasteiger partial charge in [-0.15, -0.1) is 11.6 Å². The molecule has 1 aromatic carbocycles. The average molecular weight is 302 g/mol. The molecule has 6 heteroatoms. The number of sulfone groups is 1. The maximum absolute atomic E-state index is 11.8. The molecule has 0 radical (unpaired) electrons. The Morgan fingerprint density at radius 1 is 1.37 bits per heavy atom. The van der Waals surface area contributed by atoms with Crippen LogP contribution in [-0.2, 0) is 9.84 Å². The maximum Gasteiger partial charge on any atom is 0.251 e. The number of benzene rings is 1. The minimum Gasteiger partial charge on any atom is -0.351 e. The maximum atomic E-state index is 11.8. The zero-order chi connectivity index (χ0) is 14.0. The zero-order valence-corrected chi connectivity index (χ0v) is 12.2. The average Bonchev–Trinajstić information content (AvgIpc) is 3.19. The lowest BCUT2D eigenvalue weighted by atomic mass is 10.2. The molecule has 0 spiro atoms. The molecule has 0 aromatic heterocycles. The summed E-state index contributed by atoms with van der Waals surface area (Å²) in [5.74, 6) is 0.293. The Morgan fingerprint density at radius 3 is 2.42 bits per heavy atom. The quantitative estimate of drug-likeness (QED) is 0.844. The van der Waals surface area contributed by atoms with Gasteiger partial charge in [0.25, 0.3) is 5.91 Å². The van der Waals surface area contributed by atoms with E-state index in [1.807, 2.05) is 0 Å². The van der Waals surface area contributed by atoms with Crippen molar-refractivity contribution in [3.8, 4) is 0 Å². The van der Waals surface area contributed by atoms with Gasteiger partial charge < -0.3 is 5.32 Å². The predicted octanol–water partition coefficient (Wildman–Crippen LogP) is 1.84. The van der Waals surface area contributed by atoms with Gasteiger partial charge in [-0.1, -0.05) is 0 Å². The molecule has 1 amide bonds. The molecular weight excluding hydrogens is 286 g/mol. The van der Waals surface area contributed by atoms with Crippen molar-refractivity contribution >= 4 is 27.3 Å². The van der Waals surface area contributed by atoms with E-state index in [4.69, 9.17) is 11.6 Å². The van der Waals surface area contributed by atoms with Gasteiger partial charge in [-0.05, 0) is 43.0 Å². The highest BCUT2D eigenvalue weighted by Crippen LogP contribution is 2.35. The second-order valence-corrected chi connectivity index (χ2v) is 7.44. The highest BCUT2D eigenvalue weighted by molar-refractivity contribution is 7.90. The largest absolute Gasteiger partial charge is 0.351 e. The van der Waals surface area contributed by atoms with Gasteiger partial charge in [-0.3, -0.25) is 4.79 Å². The number of rotatable bonds is 5. The van der Waals surface area contributed by atoms with Crippen LogP contribution in [0.15, 0.2) is 29.2 Å². The minimum absolute atomic E-state index is 0.0146. The molecule has 1 saturated carbocycles. The monoisotopic (exact) mass is 301 g/mol. The first-order valence-electron chi connectivity index (χ1n) is 6.10.